The first-order valence-corrected chi connectivity index (χ1v) is 7.03. The molecule has 1 radical (unpaired) electrons. The molecule has 0 atom stereocenters. The molecule has 1 aromatic carbocycles. The summed E-state index contributed by atoms with van der Waals surface area (Å²) < 4.78 is 5.13. The molecule has 0 bridgehead atoms. The lowest BCUT2D eigenvalue weighted by Crippen LogP contribution is -2.44. The summed E-state index contributed by atoms with van der Waals surface area (Å²) in [6, 6.07) is 7.07. The highest BCUT2D eigenvalue weighted by molar-refractivity contribution is 7.99. The first-order chi connectivity index (χ1) is 9.20. The number of methoxy groups -OCH3 is 1. The average molecular weight is 276 g/mol. The van der Waals surface area contributed by atoms with Crippen molar-refractivity contribution in [2.75, 3.05) is 23.6 Å². The van der Waals surface area contributed by atoms with Gasteiger partial charge in [-0.1, -0.05) is 0 Å². The zero-order chi connectivity index (χ0) is 13.4. The number of amides is 2. The van der Waals surface area contributed by atoms with Gasteiger partial charge < -0.3 is 10.5 Å². The van der Waals surface area contributed by atoms with E-state index in [0.717, 1.165) is 28.6 Å². The van der Waals surface area contributed by atoms with E-state index in [4.69, 9.17) is 10.5 Å². The maximum Gasteiger partial charge on any atom is 0.338 e. The van der Waals surface area contributed by atoms with Crippen LogP contribution in [-0.2, 0) is 0 Å². The highest BCUT2D eigenvalue weighted by Crippen LogP contribution is 2.39. The van der Waals surface area contributed by atoms with Gasteiger partial charge in [0.25, 0.3) is 0 Å². The number of anilines is 1. The Balaban J connectivity index is 1.90. The Hall–Kier alpha value is -1.82. The van der Waals surface area contributed by atoms with Gasteiger partial charge in [0.05, 0.1) is 18.5 Å². The van der Waals surface area contributed by atoms with Gasteiger partial charge in [0.2, 0.25) is 0 Å². The van der Waals surface area contributed by atoms with Crippen molar-refractivity contribution in [3.05, 3.63) is 42.1 Å². The molecule has 0 saturated heterocycles. The van der Waals surface area contributed by atoms with Gasteiger partial charge in [-0.25, -0.2) is 9.80 Å². The number of thioether (sulfide) groups is 1. The van der Waals surface area contributed by atoms with E-state index in [1.165, 1.54) is 10.6 Å². The fraction of sp³-hybridized carbons (Fsp3) is 0.231. The Bertz CT molecular complexity index is 541. The van der Waals surface area contributed by atoms with Crippen LogP contribution < -0.4 is 15.5 Å². The van der Waals surface area contributed by atoms with Crippen molar-refractivity contribution in [2.45, 2.75) is 0 Å². The number of carbonyl (C=O) groups excluding carboxylic acids is 1. The van der Waals surface area contributed by atoms with Crippen LogP contribution in [0.2, 0.25) is 0 Å². The predicted molar refractivity (Wildman–Crippen MR) is 75.5 cm³/mol. The molecule has 0 fully saturated rings. The molecule has 3 rings (SSSR count). The number of hydrogen-bond acceptors (Lipinski definition) is 4. The largest absolute Gasteiger partial charge is 0.497 e. The summed E-state index contributed by atoms with van der Waals surface area (Å²) >= 11 is 1.79. The average Bonchev–Trinajstić information content (AvgIpc) is 2.98. The SMILES string of the molecule is COc1ccc(N2[CH]C3=C(CSC3)N2C(N)=O)cc1. The van der Waals surface area contributed by atoms with Gasteiger partial charge in [-0.15, -0.1) is 0 Å². The molecule has 1 aromatic rings. The number of primary amides is 1. The van der Waals surface area contributed by atoms with Crippen LogP contribution in [0.3, 0.4) is 0 Å². The van der Waals surface area contributed by atoms with Gasteiger partial charge in [-0.3, -0.25) is 5.01 Å². The lowest BCUT2D eigenvalue weighted by molar-refractivity contribution is 0.222. The van der Waals surface area contributed by atoms with E-state index in [0.29, 0.717) is 0 Å². The van der Waals surface area contributed by atoms with Crippen LogP contribution in [0.1, 0.15) is 0 Å². The van der Waals surface area contributed by atoms with Gasteiger partial charge in [0.15, 0.2) is 0 Å². The summed E-state index contributed by atoms with van der Waals surface area (Å²) in [4.78, 5) is 11.7. The second kappa shape index (κ2) is 4.70. The van der Waals surface area contributed by atoms with Crippen molar-refractivity contribution in [3.63, 3.8) is 0 Å². The second-order valence-electron chi connectivity index (χ2n) is 4.29. The van der Waals surface area contributed by atoms with Crippen molar-refractivity contribution in [2.24, 2.45) is 5.73 Å². The Morgan fingerprint density at radius 1 is 1.32 bits per heavy atom. The van der Waals surface area contributed by atoms with E-state index in [2.05, 4.69) is 0 Å². The maximum absolute atomic E-state index is 11.7. The van der Waals surface area contributed by atoms with Crippen LogP contribution in [0, 0.1) is 6.54 Å². The zero-order valence-corrected chi connectivity index (χ0v) is 11.3. The number of hydrazine groups is 1. The molecule has 6 heteroatoms. The third-order valence-electron chi connectivity index (χ3n) is 3.16. The predicted octanol–water partition coefficient (Wildman–Crippen LogP) is 1.97. The van der Waals surface area contributed by atoms with Crippen molar-refractivity contribution in [1.29, 1.82) is 0 Å². The highest BCUT2D eigenvalue weighted by atomic mass is 32.2. The lowest BCUT2D eigenvalue weighted by atomic mass is 10.2. The van der Waals surface area contributed by atoms with Crippen molar-refractivity contribution in [1.82, 2.24) is 5.01 Å². The van der Waals surface area contributed by atoms with Gasteiger partial charge in [0, 0.05) is 11.5 Å². The van der Waals surface area contributed by atoms with Gasteiger partial charge in [0.1, 0.15) is 12.3 Å². The Labute approximate surface area is 116 Å². The molecule has 2 aliphatic rings. The van der Waals surface area contributed by atoms with Crippen molar-refractivity contribution in [3.8, 4) is 5.75 Å². The number of carbonyl (C=O) groups is 1. The molecule has 0 aliphatic carbocycles. The van der Waals surface area contributed by atoms with Crippen LogP contribution in [0.5, 0.6) is 5.75 Å². The summed E-state index contributed by atoms with van der Waals surface area (Å²) in [7, 11) is 1.63. The number of nitrogens with zero attached hydrogens (tertiary/aromatic N) is 2. The summed E-state index contributed by atoms with van der Waals surface area (Å²) in [6.07, 6.45) is 0. The molecule has 2 amide bonds. The third kappa shape index (κ3) is 2.02. The summed E-state index contributed by atoms with van der Waals surface area (Å²) in [5, 5.41) is 3.34. The Morgan fingerprint density at radius 2 is 2.05 bits per heavy atom. The molecular weight excluding hydrogens is 262 g/mol. The number of urea groups is 1. The van der Waals surface area contributed by atoms with Crippen molar-refractivity contribution >= 4 is 23.5 Å². The summed E-state index contributed by atoms with van der Waals surface area (Å²) in [5.74, 6) is 2.53. The molecule has 2 N–H and O–H groups in total. The minimum absolute atomic E-state index is 0.459. The first-order valence-electron chi connectivity index (χ1n) is 5.88. The highest BCUT2D eigenvalue weighted by Gasteiger charge is 2.36. The number of rotatable bonds is 2. The normalized spacial score (nSPS) is 17.9. The second-order valence-corrected chi connectivity index (χ2v) is 5.27. The monoisotopic (exact) mass is 276 g/mol. The molecule has 2 heterocycles. The molecule has 0 saturated carbocycles. The topological polar surface area (TPSA) is 58.8 Å². The summed E-state index contributed by atoms with van der Waals surface area (Å²) in [6.45, 7) is 1.97. The number of ether oxygens (including phenoxy) is 1. The van der Waals surface area contributed by atoms with Gasteiger partial charge in [-0.05, 0) is 29.8 Å². The minimum atomic E-state index is -0.459. The van der Waals surface area contributed by atoms with E-state index in [1.807, 2.05) is 30.8 Å². The molecule has 0 spiro atoms. The fourth-order valence-corrected chi connectivity index (χ4v) is 3.31. The standard InChI is InChI=1S/C13H14N3O2S/c1-18-11-4-2-10(3-5-11)15-6-9-7-19-8-12(9)16(15)13(14)17/h2-6H,7-8H2,1H3,(H2,14,17). The van der Waals surface area contributed by atoms with E-state index in [9.17, 15) is 4.79 Å². The van der Waals surface area contributed by atoms with Crippen LogP contribution in [0.4, 0.5) is 10.5 Å². The number of hydrogen-bond donors (Lipinski definition) is 1. The summed E-state index contributed by atoms with van der Waals surface area (Å²) in [5.41, 5.74) is 8.54. The van der Waals surface area contributed by atoms with E-state index < -0.39 is 6.03 Å². The Kier molecular flexibility index (Phi) is 3.02. The first kappa shape index (κ1) is 12.2. The number of nitrogens with two attached hydrogens (primary N) is 1. The zero-order valence-electron chi connectivity index (χ0n) is 10.5. The molecule has 19 heavy (non-hydrogen) atoms. The van der Waals surface area contributed by atoms with Crippen LogP contribution in [-0.4, -0.2) is 29.7 Å². The third-order valence-corrected chi connectivity index (χ3v) is 4.15. The molecule has 0 unspecified atom stereocenters. The fourth-order valence-electron chi connectivity index (χ4n) is 2.24. The molecule has 2 aliphatic heterocycles. The van der Waals surface area contributed by atoms with Gasteiger partial charge >= 0.3 is 6.03 Å². The van der Waals surface area contributed by atoms with E-state index in [-0.39, 0.29) is 0 Å². The van der Waals surface area contributed by atoms with E-state index in [1.54, 1.807) is 23.9 Å². The lowest BCUT2D eigenvalue weighted by Gasteiger charge is -2.30. The molecule has 99 valence electrons. The van der Waals surface area contributed by atoms with Crippen LogP contribution in [0.15, 0.2) is 35.5 Å². The van der Waals surface area contributed by atoms with Gasteiger partial charge in [-0.2, -0.15) is 11.8 Å². The maximum atomic E-state index is 11.7. The quantitative estimate of drug-likeness (QED) is 0.897. The molecule has 0 aromatic heterocycles. The molecular formula is C13H14N3O2S. The number of benzene rings is 1. The van der Waals surface area contributed by atoms with Crippen LogP contribution >= 0.6 is 11.8 Å². The van der Waals surface area contributed by atoms with E-state index >= 15 is 0 Å². The van der Waals surface area contributed by atoms with Crippen molar-refractivity contribution < 1.29 is 9.53 Å². The smallest absolute Gasteiger partial charge is 0.338 e. The van der Waals surface area contributed by atoms with Crippen LogP contribution in [0.25, 0.3) is 0 Å². The Morgan fingerprint density at radius 3 is 2.68 bits per heavy atom. The minimum Gasteiger partial charge on any atom is -0.497 e. The molecule has 5 nitrogen and oxygen atoms in total.